The summed E-state index contributed by atoms with van der Waals surface area (Å²) in [6.45, 7) is 5.35. The lowest BCUT2D eigenvalue weighted by Crippen LogP contribution is -2.21. The van der Waals surface area contributed by atoms with Gasteiger partial charge in [-0.15, -0.1) is 11.3 Å². The van der Waals surface area contributed by atoms with Gasteiger partial charge in [0, 0.05) is 9.75 Å². The van der Waals surface area contributed by atoms with Crippen LogP contribution in [0.2, 0.25) is 0 Å². The largest absolute Gasteiger partial charge is 0.495 e. The van der Waals surface area contributed by atoms with Crippen LogP contribution in [-0.2, 0) is 9.53 Å². The van der Waals surface area contributed by atoms with Crippen molar-refractivity contribution < 1.29 is 19.1 Å². The Kier molecular flexibility index (Phi) is 5.39. The van der Waals surface area contributed by atoms with Gasteiger partial charge in [-0.25, -0.2) is 4.79 Å². The summed E-state index contributed by atoms with van der Waals surface area (Å²) in [4.78, 5) is 25.9. The topological polar surface area (TPSA) is 64.6 Å². The molecule has 1 aromatic heterocycles. The van der Waals surface area contributed by atoms with Crippen LogP contribution in [0.25, 0.3) is 0 Å². The van der Waals surface area contributed by atoms with Crippen molar-refractivity contribution in [1.82, 2.24) is 0 Å². The molecular weight excluding hydrogens is 314 g/mol. The van der Waals surface area contributed by atoms with E-state index in [0.29, 0.717) is 17.0 Å². The Balaban J connectivity index is 1.97. The minimum Gasteiger partial charge on any atom is -0.495 e. The van der Waals surface area contributed by atoms with Gasteiger partial charge in [0.2, 0.25) is 0 Å². The zero-order valence-corrected chi connectivity index (χ0v) is 14.4. The molecule has 0 radical (unpaired) electrons. The molecule has 1 aromatic carbocycles. The van der Waals surface area contributed by atoms with E-state index in [1.165, 1.54) is 18.4 Å². The number of methoxy groups -OCH3 is 1. The second kappa shape index (κ2) is 7.28. The third-order valence-electron chi connectivity index (χ3n) is 3.22. The number of hydrogen-bond acceptors (Lipinski definition) is 5. The van der Waals surface area contributed by atoms with E-state index in [1.54, 1.807) is 18.2 Å². The molecule has 5 nitrogen and oxygen atoms in total. The summed E-state index contributed by atoms with van der Waals surface area (Å²) in [5, 5.41) is 2.69. The van der Waals surface area contributed by atoms with E-state index in [0.717, 1.165) is 15.3 Å². The van der Waals surface area contributed by atoms with Gasteiger partial charge in [0.1, 0.15) is 5.75 Å². The standard InChI is InChI=1S/C17H19NO4S/c1-10-5-6-15(21-4)14(7-10)18-16(19)9-22-17(20)13-8-11(2)23-12(13)3/h5-8H,9H2,1-4H3,(H,18,19). The number of benzene rings is 1. The van der Waals surface area contributed by atoms with Crippen molar-refractivity contribution in [2.45, 2.75) is 20.8 Å². The minimum atomic E-state index is -0.488. The van der Waals surface area contributed by atoms with Crippen LogP contribution in [0.1, 0.15) is 25.7 Å². The van der Waals surface area contributed by atoms with E-state index in [2.05, 4.69) is 5.32 Å². The molecule has 0 aliphatic rings. The molecule has 0 aliphatic heterocycles. The number of carbonyl (C=O) groups is 2. The molecule has 0 saturated carbocycles. The van der Waals surface area contributed by atoms with Crippen LogP contribution in [-0.4, -0.2) is 25.6 Å². The first-order valence-corrected chi connectivity index (χ1v) is 7.91. The lowest BCUT2D eigenvalue weighted by molar-refractivity contribution is -0.119. The van der Waals surface area contributed by atoms with Gasteiger partial charge in [-0.1, -0.05) is 6.07 Å². The molecule has 0 unspecified atom stereocenters. The van der Waals surface area contributed by atoms with Crippen molar-refractivity contribution in [2.24, 2.45) is 0 Å². The first-order chi connectivity index (χ1) is 10.9. The summed E-state index contributed by atoms with van der Waals surface area (Å²) in [6.07, 6.45) is 0. The van der Waals surface area contributed by atoms with Crippen molar-refractivity contribution in [3.8, 4) is 5.75 Å². The highest BCUT2D eigenvalue weighted by Crippen LogP contribution is 2.25. The summed E-state index contributed by atoms with van der Waals surface area (Å²) in [5.41, 5.74) is 2.05. The lowest BCUT2D eigenvalue weighted by Gasteiger charge is -2.11. The maximum atomic E-state index is 12.0. The predicted molar refractivity (Wildman–Crippen MR) is 90.4 cm³/mol. The molecule has 0 spiro atoms. The molecule has 122 valence electrons. The van der Waals surface area contributed by atoms with Crippen molar-refractivity contribution in [3.05, 3.63) is 45.1 Å². The number of amides is 1. The van der Waals surface area contributed by atoms with Crippen LogP contribution in [0.15, 0.2) is 24.3 Å². The summed E-state index contributed by atoms with van der Waals surface area (Å²) >= 11 is 1.52. The Labute approximate surface area is 139 Å². The third kappa shape index (κ3) is 4.32. The second-order valence-electron chi connectivity index (χ2n) is 5.15. The van der Waals surface area contributed by atoms with Gasteiger partial charge in [0.15, 0.2) is 6.61 Å². The fraction of sp³-hybridized carbons (Fsp3) is 0.294. The number of nitrogens with one attached hydrogen (secondary N) is 1. The zero-order chi connectivity index (χ0) is 17.0. The van der Waals surface area contributed by atoms with E-state index in [9.17, 15) is 9.59 Å². The smallest absolute Gasteiger partial charge is 0.339 e. The highest BCUT2D eigenvalue weighted by molar-refractivity contribution is 7.12. The number of aryl methyl sites for hydroxylation is 3. The van der Waals surface area contributed by atoms with Crippen molar-refractivity contribution in [1.29, 1.82) is 0 Å². The SMILES string of the molecule is COc1ccc(C)cc1NC(=O)COC(=O)c1cc(C)sc1C. The fourth-order valence-corrected chi connectivity index (χ4v) is 3.06. The molecule has 0 atom stereocenters. The van der Waals surface area contributed by atoms with E-state index in [4.69, 9.17) is 9.47 Å². The molecule has 2 rings (SSSR count). The fourth-order valence-electron chi connectivity index (χ4n) is 2.15. The monoisotopic (exact) mass is 333 g/mol. The van der Waals surface area contributed by atoms with Crippen LogP contribution in [0.3, 0.4) is 0 Å². The van der Waals surface area contributed by atoms with Gasteiger partial charge in [0.05, 0.1) is 18.4 Å². The summed E-state index contributed by atoms with van der Waals surface area (Å²) in [5.74, 6) is -0.343. The van der Waals surface area contributed by atoms with E-state index < -0.39 is 11.9 Å². The molecule has 1 amide bonds. The van der Waals surface area contributed by atoms with Crippen molar-refractivity contribution in [3.63, 3.8) is 0 Å². The second-order valence-corrected chi connectivity index (χ2v) is 6.62. The molecule has 0 fully saturated rings. The predicted octanol–water partition coefficient (Wildman–Crippen LogP) is 3.48. The number of thiophene rings is 1. The number of anilines is 1. The molecular formula is C17H19NO4S. The van der Waals surface area contributed by atoms with Crippen molar-refractivity contribution in [2.75, 3.05) is 19.0 Å². The number of carbonyl (C=O) groups excluding carboxylic acids is 2. The number of ether oxygens (including phenoxy) is 2. The minimum absolute atomic E-state index is 0.343. The number of esters is 1. The maximum Gasteiger partial charge on any atom is 0.339 e. The highest BCUT2D eigenvalue weighted by Gasteiger charge is 2.15. The van der Waals surface area contributed by atoms with E-state index >= 15 is 0 Å². The van der Waals surface area contributed by atoms with Gasteiger partial charge in [0.25, 0.3) is 5.91 Å². The maximum absolute atomic E-state index is 12.0. The molecule has 2 aromatic rings. The quantitative estimate of drug-likeness (QED) is 0.851. The van der Waals surface area contributed by atoms with Crippen molar-refractivity contribution >= 4 is 28.9 Å². The third-order valence-corrected chi connectivity index (χ3v) is 4.19. The van der Waals surface area contributed by atoms with Gasteiger partial charge in [-0.3, -0.25) is 4.79 Å². The Morgan fingerprint density at radius 3 is 2.52 bits per heavy atom. The average molecular weight is 333 g/mol. The van der Waals surface area contributed by atoms with E-state index in [1.807, 2.05) is 26.8 Å². The summed E-state index contributed by atoms with van der Waals surface area (Å²) in [7, 11) is 1.53. The Bertz CT molecular complexity index is 736. The van der Waals surface area contributed by atoms with Gasteiger partial charge in [-0.05, 0) is 44.5 Å². The molecule has 0 saturated heterocycles. The van der Waals surface area contributed by atoms with Crippen LogP contribution >= 0.6 is 11.3 Å². The van der Waals surface area contributed by atoms with Crippen LogP contribution < -0.4 is 10.1 Å². The normalized spacial score (nSPS) is 10.3. The highest BCUT2D eigenvalue weighted by atomic mass is 32.1. The van der Waals surface area contributed by atoms with Crippen LogP contribution in [0.5, 0.6) is 5.75 Å². The molecule has 0 bridgehead atoms. The van der Waals surface area contributed by atoms with Gasteiger partial charge in [-0.2, -0.15) is 0 Å². The van der Waals surface area contributed by atoms with Gasteiger partial charge >= 0.3 is 5.97 Å². The first-order valence-electron chi connectivity index (χ1n) is 7.09. The Morgan fingerprint density at radius 1 is 1.17 bits per heavy atom. The summed E-state index contributed by atoms with van der Waals surface area (Å²) < 4.78 is 10.3. The van der Waals surface area contributed by atoms with Crippen LogP contribution in [0.4, 0.5) is 5.69 Å². The molecule has 1 heterocycles. The molecule has 23 heavy (non-hydrogen) atoms. The number of hydrogen-bond donors (Lipinski definition) is 1. The van der Waals surface area contributed by atoms with Crippen LogP contribution in [0, 0.1) is 20.8 Å². The van der Waals surface area contributed by atoms with Gasteiger partial charge < -0.3 is 14.8 Å². The average Bonchev–Trinajstić information content (AvgIpc) is 2.84. The molecule has 6 heteroatoms. The molecule has 1 N–H and O–H groups in total. The van der Waals surface area contributed by atoms with E-state index in [-0.39, 0.29) is 6.61 Å². The molecule has 0 aliphatic carbocycles. The Morgan fingerprint density at radius 2 is 1.91 bits per heavy atom. The Hall–Kier alpha value is -2.34. The zero-order valence-electron chi connectivity index (χ0n) is 13.6. The number of rotatable bonds is 5. The lowest BCUT2D eigenvalue weighted by atomic mass is 10.2. The first kappa shape index (κ1) is 17.0. The summed E-state index contributed by atoms with van der Waals surface area (Å²) in [6, 6.07) is 7.22.